The monoisotopic (exact) mass is 247 g/mol. The zero-order chi connectivity index (χ0) is 13.9. The van der Waals surface area contributed by atoms with Gasteiger partial charge in [-0.3, -0.25) is 0 Å². The lowest BCUT2D eigenvalue weighted by Crippen LogP contribution is -2.47. The normalized spacial score (nSPS) is 16.4. The van der Waals surface area contributed by atoms with Gasteiger partial charge in [0.1, 0.15) is 12.2 Å². The third-order valence-electron chi connectivity index (χ3n) is 2.54. The van der Waals surface area contributed by atoms with Crippen LogP contribution in [0, 0.1) is 10.8 Å². The second-order valence-electron chi connectivity index (χ2n) is 6.33. The van der Waals surface area contributed by atoms with Crippen molar-refractivity contribution >= 4 is 6.09 Å². The number of hydrogen-bond acceptors (Lipinski definition) is 4. The van der Waals surface area contributed by atoms with Gasteiger partial charge in [0, 0.05) is 5.41 Å². The van der Waals surface area contributed by atoms with Crippen molar-refractivity contribution in [1.82, 2.24) is 0 Å². The zero-order valence-electron chi connectivity index (χ0n) is 11.4. The van der Waals surface area contributed by atoms with Crippen LogP contribution >= 0.6 is 0 Å². The van der Waals surface area contributed by atoms with Gasteiger partial charge in [0.2, 0.25) is 0 Å². The Kier molecular flexibility index (Phi) is 5.42. The SMILES string of the molecule is CC(C)(C)CC(C)(C)C(OC(N)=O)C(O)CO. The number of ether oxygens (including phenoxy) is 1. The van der Waals surface area contributed by atoms with Gasteiger partial charge in [0.05, 0.1) is 6.61 Å². The molecule has 0 saturated heterocycles. The van der Waals surface area contributed by atoms with Gasteiger partial charge >= 0.3 is 6.09 Å². The lowest BCUT2D eigenvalue weighted by molar-refractivity contribution is -0.0857. The summed E-state index contributed by atoms with van der Waals surface area (Å²) in [4.78, 5) is 10.8. The number of carbonyl (C=O) groups is 1. The molecule has 1 amide bonds. The maximum Gasteiger partial charge on any atom is 0.404 e. The Bertz CT molecular complexity index is 258. The van der Waals surface area contributed by atoms with Crippen LogP contribution in [0.4, 0.5) is 4.79 Å². The van der Waals surface area contributed by atoms with Crippen LogP contribution in [0.5, 0.6) is 0 Å². The summed E-state index contributed by atoms with van der Waals surface area (Å²) in [5.41, 5.74) is 4.53. The Balaban J connectivity index is 4.94. The largest absolute Gasteiger partial charge is 0.443 e. The molecule has 0 bridgehead atoms. The highest BCUT2D eigenvalue weighted by molar-refractivity contribution is 5.65. The maximum atomic E-state index is 10.8. The summed E-state index contributed by atoms with van der Waals surface area (Å²) < 4.78 is 4.94. The Hall–Kier alpha value is -0.810. The van der Waals surface area contributed by atoms with Crippen molar-refractivity contribution in [2.75, 3.05) is 6.61 Å². The lowest BCUT2D eigenvalue weighted by Gasteiger charge is -2.39. The van der Waals surface area contributed by atoms with Crippen molar-refractivity contribution in [3.63, 3.8) is 0 Å². The summed E-state index contributed by atoms with van der Waals surface area (Å²) in [6.45, 7) is 9.46. The van der Waals surface area contributed by atoms with Crippen LogP contribution in [0.2, 0.25) is 0 Å². The fourth-order valence-electron chi connectivity index (χ4n) is 2.45. The van der Waals surface area contributed by atoms with Crippen LogP contribution < -0.4 is 5.73 Å². The Morgan fingerprint density at radius 3 is 2.06 bits per heavy atom. The van der Waals surface area contributed by atoms with Crippen molar-refractivity contribution in [3.05, 3.63) is 0 Å². The summed E-state index contributed by atoms with van der Waals surface area (Å²) in [6, 6.07) is 0. The van der Waals surface area contributed by atoms with E-state index in [0.717, 1.165) is 6.42 Å². The first-order chi connectivity index (χ1) is 7.49. The van der Waals surface area contributed by atoms with Crippen LogP contribution in [0.3, 0.4) is 0 Å². The smallest absolute Gasteiger partial charge is 0.404 e. The Morgan fingerprint density at radius 1 is 1.29 bits per heavy atom. The van der Waals surface area contributed by atoms with Gasteiger partial charge in [0.15, 0.2) is 0 Å². The van der Waals surface area contributed by atoms with Gasteiger partial charge < -0.3 is 20.7 Å². The summed E-state index contributed by atoms with van der Waals surface area (Å²) in [5.74, 6) is 0. The minimum Gasteiger partial charge on any atom is -0.443 e. The lowest BCUT2D eigenvalue weighted by atomic mass is 9.71. The molecular formula is C12H25NO4. The van der Waals surface area contributed by atoms with E-state index in [0.29, 0.717) is 0 Å². The third kappa shape index (κ3) is 5.89. The zero-order valence-corrected chi connectivity index (χ0v) is 11.4. The third-order valence-corrected chi connectivity index (χ3v) is 2.54. The number of carbonyl (C=O) groups excluding carboxylic acids is 1. The van der Waals surface area contributed by atoms with Crippen LogP contribution in [0.1, 0.15) is 41.0 Å². The van der Waals surface area contributed by atoms with Crippen LogP contribution in [-0.4, -0.2) is 35.1 Å². The number of aliphatic hydroxyl groups is 2. The van der Waals surface area contributed by atoms with Crippen LogP contribution in [0.15, 0.2) is 0 Å². The minimum atomic E-state index is -1.13. The highest BCUT2D eigenvalue weighted by Gasteiger charge is 2.40. The summed E-state index contributed by atoms with van der Waals surface area (Å²) in [7, 11) is 0. The van der Waals surface area contributed by atoms with E-state index in [9.17, 15) is 9.90 Å². The Labute approximate surface area is 103 Å². The van der Waals surface area contributed by atoms with Gasteiger partial charge in [0.25, 0.3) is 0 Å². The molecule has 4 N–H and O–H groups in total. The Morgan fingerprint density at radius 2 is 1.76 bits per heavy atom. The number of aliphatic hydroxyl groups excluding tert-OH is 2. The molecule has 0 aliphatic carbocycles. The van der Waals surface area contributed by atoms with E-state index < -0.39 is 30.3 Å². The van der Waals surface area contributed by atoms with Gasteiger partial charge in [-0.2, -0.15) is 0 Å². The van der Waals surface area contributed by atoms with E-state index in [1.165, 1.54) is 0 Å². The van der Waals surface area contributed by atoms with Crippen LogP contribution in [-0.2, 0) is 4.74 Å². The molecule has 2 atom stereocenters. The average Bonchev–Trinajstić information content (AvgIpc) is 2.08. The molecule has 2 unspecified atom stereocenters. The molecule has 5 nitrogen and oxygen atoms in total. The van der Waals surface area contributed by atoms with Crippen molar-refractivity contribution in [2.45, 2.75) is 53.2 Å². The molecule has 102 valence electrons. The molecule has 0 aromatic heterocycles. The maximum absolute atomic E-state index is 10.8. The summed E-state index contributed by atoms with van der Waals surface area (Å²) >= 11 is 0. The van der Waals surface area contributed by atoms with Crippen molar-refractivity contribution in [1.29, 1.82) is 0 Å². The predicted octanol–water partition coefficient (Wildman–Crippen LogP) is 1.27. The fourth-order valence-corrected chi connectivity index (χ4v) is 2.45. The molecule has 0 saturated carbocycles. The van der Waals surface area contributed by atoms with Crippen molar-refractivity contribution in [3.8, 4) is 0 Å². The number of primary amides is 1. The highest BCUT2D eigenvalue weighted by Crippen LogP contribution is 2.38. The molecule has 0 fully saturated rings. The highest BCUT2D eigenvalue weighted by atomic mass is 16.6. The van der Waals surface area contributed by atoms with Crippen molar-refractivity contribution in [2.24, 2.45) is 16.6 Å². The molecule has 0 heterocycles. The molecule has 0 aliphatic rings. The quantitative estimate of drug-likeness (QED) is 0.682. The standard InChI is InChI=1S/C12H25NO4/c1-11(2,3)7-12(4,5)9(8(15)6-14)17-10(13)16/h8-9,14-15H,6-7H2,1-5H3,(H2,13,16). The molecule has 0 spiro atoms. The fraction of sp³-hybridized carbons (Fsp3) is 0.917. The summed E-state index contributed by atoms with van der Waals surface area (Å²) in [6.07, 6.45) is -2.16. The molecule has 17 heavy (non-hydrogen) atoms. The van der Waals surface area contributed by atoms with Gasteiger partial charge in [-0.1, -0.05) is 34.6 Å². The average molecular weight is 247 g/mol. The molecule has 5 heteroatoms. The van der Waals surface area contributed by atoms with E-state index in [-0.39, 0.29) is 5.41 Å². The number of hydrogen-bond donors (Lipinski definition) is 3. The van der Waals surface area contributed by atoms with E-state index in [4.69, 9.17) is 15.6 Å². The molecule has 0 rings (SSSR count). The number of rotatable bonds is 5. The molecule has 0 aromatic carbocycles. The molecule has 0 aliphatic heterocycles. The number of amides is 1. The first kappa shape index (κ1) is 16.2. The first-order valence-electron chi connectivity index (χ1n) is 5.74. The van der Waals surface area contributed by atoms with E-state index in [2.05, 4.69) is 20.8 Å². The first-order valence-corrected chi connectivity index (χ1v) is 5.74. The predicted molar refractivity (Wildman–Crippen MR) is 65.4 cm³/mol. The molecule has 0 aromatic rings. The van der Waals surface area contributed by atoms with Gasteiger partial charge in [-0.25, -0.2) is 4.79 Å². The second kappa shape index (κ2) is 5.69. The molecular weight excluding hydrogens is 222 g/mol. The summed E-state index contributed by atoms with van der Waals surface area (Å²) in [5, 5.41) is 18.7. The topological polar surface area (TPSA) is 92.8 Å². The second-order valence-corrected chi connectivity index (χ2v) is 6.33. The van der Waals surface area contributed by atoms with E-state index in [1.807, 2.05) is 13.8 Å². The number of nitrogens with two attached hydrogens (primary N) is 1. The van der Waals surface area contributed by atoms with E-state index in [1.54, 1.807) is 0 Å². The van der Waals surface area contributed by atoms with E-state index >= 15 is 0 Å². The van der Waals surface area contributed by atoms with Gasteiger partial charge in [-0.15, -0.1) is 0 Å². The van der Waals surface area contributed by atoms with Crippen LogP contribution in [0.25, 0.3) is 0 Å². The van der Waals surface area contributed by atoms with Gasteiger partial charge in [-0.05, 0) is 11.8 Å². The molecule has 0 radical (unpaired) electrons. The van der Waals surface area contributed by atoms with Crippen molar-refractivity contribution < 1.29 is 19.7 Å². The minimum absolute atomic E-state index is 0.0118.